The van der Waals surface area contributed by atoms with Gasteiger partial charge in [-0.15, -0.1) is 6.58 Å². The van der Waals surface area contributed by atoms with E-state index in [-0.39, 0.29) is 17.0 Å². The van der Waals surface area contributed by atoms with Crippen LogP contribution in [0.15, 0.2) is 72.1 Å². The van der Waals surface area contributed by atoms with Crippen molar-refractivity contribution in [2.45, 2.75) is 4.90 Å². The summed E-state index contributed by atoms with van der Waals surface area (Å²) in [6.07, 6.45) is 1.51. The van der Waals surface area contributed by atoms with Crippen molar-refractivity contribution in [1.82, 2.24) is 5.32 Å². The highest BCUT2D eigenvalue weighted by atomic mass is 32.2. The number of nitrogens with one attached hydrogen (secondary N) is 1. The van der Waals surface area contributed by atoms with Crippen LogP contribution >= 0.6 is 0 Å². The lowest BCUT2D eigenvalue weighted by atomic mass is 10.2. The quantitative estimate of drug-likeness (QED) is 0.551. The molecule has 0 bridgehead atoms. The van der Waals surface area contributed by atoms with Crippen LogP contribution in [0, 0.1) is 0 Å². The predicted octanol–water partition coefficient (Wildman–Crippen LogP) is 1.97. The Hall–Kier alpha value is -3.13. The van der Waals surface area contributed by atoms with Crippen LogP contribution in [0.2, 0.25) is 0 Å². The Morgan fingerprint density at radius 2 is 1.74 bits per heavy atom. The zero-order chi connectivity index (χ0) is 19.9. The molecule has 1 amide bonds. The van der Waals surface area contributed by atoms with Gasteiger partial charge >= 0.3 is 5.97 Å². The van der Waals surface area contributed by atoms with Crippen molar-refractivity contribution in [3.05, 3.63) is 72.8 Å². The number of amides is 1. The number of anilines is 1. The van der Waals surface area contributed by atoms with Gasteiger partial charge in [-0.3, -0.25) is 9.10 Å². The first-order valence-electron chi connectivity index (χ1n) is 8.05. The van der Waals surface area contributed by atoms with Gasteiger partial charge in [0.15, 0.2) is 6.61 Å². The molecule has 2 rings (SSSR count). The minimum absolute atomic E-state index is 0.0362. The molecule has 0 unspecified atom stereocenters. The lowest BCUT2D eigenvalue weighted by Crippen LogP contribution is -2.28. The fourth-order valence-electron chi connectivity index (χ4n) is 2.15. The second-order valence-electron chi connectivity index (χ2n) is 5.50. The molecule has 0 aliphatic rings. The molecule has 142 valence electrons. The number of carbonyl (C=O) groups is 2. The lowest BCUT2D eigenvalue weighted by Gasteiger charge is -2.19. The average molecular weight is 388 g/mol. The van der Waals surface area contributed by atoms with Crippen molar-refractivity contribution in [1.29, 1.82) is 0 Å². The predicted molar refractivity (Wildman–Crippen MR) is 102 cm³/mol. The summed E-state index contributed by atoms with van der Waals surface area (Å²) in [7, 11) is -2.31. The number of para-hydroxylation sites is 1. The van der Waals surface area contributed by atoms with Gasteiger partial charge in [0, 0.05) is 13.6 Å². The van der Waals surface area contributed by atoms with Gasteiger partial charge < -0.3 is 10.1 Å². The summed E-state index contributed by atoms with van der Waals surface area (Å²) in [5.74, 6) is -1.17. The second-order valence-corrected chi connectivity index (χ2v) is 7.47. The number of nitrogens with zero attached hydrogens (tertiary/aromatic N) is 1. The largest absolute Gasteiger partial charge is 0.452 e. The Balaban J connectivity index is 2.06. The molecule has 0 aliphatic heterocycles. The third-order valence-corrected chi connectivity index (χ3v) is 5.45. The summed E-state index contributed by atoms with van der Waals surface area (Å²) in [4.78, 5) is 23.4. The normalized spacial score (nSPS) is 10.7. The maximum atomic E-state index is 12.7. The number of sulfonamides is 1. The van der Waals surface area contributed by atoms with Gasteiger partial charge in [0.1, 0.15) is 0 Å². The van der Waals surface area contributed by atoms with Crippen molar-refractivity contribution >= 4 is 27.6 Å². The molecule has 0 atom stereocenters. The highest BCUT2D eigenvalue weighted by Crippen LogP contribution is 2.22. The molecule has 0 saturated carbocycles. The van der Waals surface area contributed by atoms with Crippen molar-refractivity contribution in [3.8, 4) is 0 Å². The van der Waals surface area contributed by atoms with E-state index in [1.807, 2.05) is 0 Å². The molecule has 0 heterocycles. The van der Waals surface area contributed by atoms with Gasteiger partial charge in [0.25, 0.3) is 15.9 Å². The van der Waals surface area contributed by atoms with Crippen LogP contribution in [0.5, 0.6) is 0 Å². The zero-order valence-corrected chi connectivity index (χ0v) is 15.6. The Bertz CT molecular complexity index is 909. The van der Waals surface area contributed by atoms with E-state index in [4.69, 9.17) is 4.74 Å². The van der Waals surface area contributed by atoms with Crippen molar-refractivity contribution < 1.29 is 22.7 Å². The average Bonchev–Trinajstić information content (AvgIpc) is 2.70. The summed E-state index contributed by atoms with van der Waals surface area (Å²) < 4.78 is 31.4. The Labute approximate surface area is 158 Å². The smallest absolute Gasteiger partial charge is 0.338 e. The van der Waals surface area contributed by atoms with Gasteiger partial charge in [-0.1, -0.05) is 24.3 Å². The summed E-state index contributed by atoms with van der Waals surface area (Å²) >= 11 is 0. The molecule has 0 spiro atoms. The van der Waals surface area contributed by atoms with Crippen molar-refractivity contribution in [2.75, 3.05) is 24.5 Å². The molecule has 2 aromatic rings. The van der Waals surface area contributed by atoms with Gasteiger partial charge in [0.2, 0.25) is 0 Å². The minimum Gasteiger partial charge on any atom is -0.452 e. The minimum atomic E-state index is -3.76. The molecule has 2 aromatic carbocycles. The van der Waals surface area contributed by atoms with Crippen LogP contribution in [0.1, 0.15) is 10.4 Å². The van der Waals surface area contributed by atoms with E-state index in [0.29, 0.717) is 5.69 Å². The maximum Gasteiger partial charge on any atom is 0.338 e. The molecule has 0 aromatic heterocycles. The van der Waals surface area contributed by atoms with E-state index in [1.54, 1.807) is 30.3 Å². The molecule has 7 nitrogen and oxygen atoms in total. The lowest BCUT2D eigenvalue weighted by molar-refractivity contribution is -0.124. The van der Waals surface area contributed by atoms with Crippen LogP contribution in [0.4, 0.5) is 5.69 Å². The van der Waals surface area contributed by atoms with Gasteiger partial charge in [-0.2, -0.15) is 0 Å². The number of hydrogen-bond acceptors (Lipinski definition) is 5. The molecule has 0 aliphatic carbocycles. The van der Waals surface area contributed by atoms with Crippen molar-refractivity contribution in [2.24, 2.45) is 0 Å². The Morgan fingerprint density at radius 3 is 2.33 bits per heavy atom. The Kier molecular flexibility index (Phi) is 6.73. The van der Waals surface area contributed by atoms with Crippen LogP contribution in [-0.2, 0) is 19.6 Å². The van der Waals surface area contributed by atoms with Gasteiger partial charge in [-0.05, 0) is 36.4 Å². The summed E-state index contributed by atoms with van der Waals surface area (Å²) in [5.41, 5.74) is 0.666. The third kappa shape index (κ3) is 5.18. The van der Waals surface area contributed by atoms with Crippen LogP contribution in [0.3, 0.4) is 0 Å². The Morgan fingerprint density at radius 1 is 1.11 bits per heavy atom. The molecular formula is C19H20N2O5S. The molecule has 0 saturated heterocycles. The number of carbonyl (C=O) groups excluding carboxylic acids is 2. The fraction of sp³-hybridized carbons (Fsp3) is 0.158. The maximum absolute atomic E-state index is 12.7. The molecule has 27 heavy (non-hydrogen) atoms. The van der Waals surface area contributed by atoms with E-state index in [2.05, 4.69) is 11.9 Å². The number of esters is 1. The topological polar surface area (TPSA) is 92.8 Å². The molecule has 0 radical (unpaired) electrons. The first-order chi connectivity index (χ1) is 12.9. The molecular weight excluding hydrogens is 368 g/mol. The third-order valence-electron chi connectivity index (χ3n) is 3.65. The van der Waals surface area contributed by atoms with Gasteiger partial charge in [0.05, 0.1) is 16.1 Å². The van der Waals surface area contributed by atoms with Crippen LogP contribution in [0.25, 0.3) is 0 Å². The molecule has 0 fully saturated rings. The van der Waals surface area contributed by atoms with E-state index in [1.165, 1.54) is 37.4 Å². The van der Waals surface area contributed by atoms with E-state index in [0.717, 1.165) is 4.31 Å². The number of hydrogen-bond donors (Lipinski definition) is 1. The zero-order valence-electron chi connectivity index (χ0n) is 14.8. The van der Waals surface area contributed by atoms with Gasteiger partial charge in [-0.25, -0.2) is 13.2 Å². The summed E-state index contributed by atoms with van der Waals surface area (Å²) in [5, 5.41) is 2.48. The highest BCUT2D eigenvalue weighted by Gasteiger charge is 2.21. The molecule has 8 heteroatoms. The van der Waals surface area contributed by atoms with E-state index < -0.39 is 28.5 Å². The number of benzene rings is 2. The monoisotopic (exact) mass is 388 g/mol. The SMILES string of the molecule is C=CCNC(=O)COC(=O)c1ccc(S(=O)(=O)N(C)c2ccccc2)cc1. The number of rotatable bonds is 8. The first-order valence-corrected chi connectivity index (χ1v) is 9.49. The molecule has 1 N–H and O–H groups in total. The summed E-state index contributed by atoms with van der Waals surface area (Å²) in [6, 6.07) is 14.0. The highest BCUT2D eigenvalue weighted by molar-refractivity contribution is 7.92. The fourth-order valence-corrected chi connectivity index (χ4v) is 3.34. The van der Waals surface area contributed by atoms with Crippen LogP contribution in [-0.4, -0.2) is 40.5 Å². The number of ether oxygens (including phenoxy) is 1. The summed E-state index contributed by atoms with van der Waals surface area (Å²) in [6.45, 7) is 3.31. The van der Waals surface area contributed by atoms with Crippen molar-refractivity contribution in [3.63, 3.8) is 0 Å². The second kappa shape index (κ2) is 9.00. The van der Waals surface area contributed by atoms with E-state index >= 15 is 0 Å². The first kappa shape index (κ1) is 20.2. The van der Waals surface area contributed by atoms with E-state index in [9.17, 15) is 18.0 Å². The van der Waals surface area contributed by atoms with Crippen LogP contribution < -0.4 is 9.62 Å². The standard InChI is InChI=1S/C19H20N2O5S/c1-3-13-20-18(22)14-26-19(23)15-9-11-17(12-10-15)27(24,25)21(2)16-7-5-4-6-8-16/h3-12H,1,13-14H2,2H3,(H,20,22).